The zero-order chi connectivity index (χ0) is 35.2. The van der Waals surface area contributed by atoms with E-state index in [-0.39, 0.29) is 5.82 Å². The second-order valence-corrected chi connectivity index (χ2v) is 13.2. The van der Waals surface area contributed by atoms with Gasteiger partial charge in [0.25, 0.3) is 0 Å². The summed E-state index contributed by atoms with van der Waals surface area (Å²) in [5.41, 5.74) is 12.1. The number of benzene rings is 7. The molecule has 9 aromatic rings. The number of aryl methyl sites for hydroxylation is 2. The first-order chi connectivity index (χ1) is 25.5. The van der Waals surface area contributed by atoms with Crippen molar-refractivity contribution in [1.82, 2.24) is 19.5 Å². The van der Waals surface area contributed by atoms with Gasteiger partial charge in [-0.2, -0.15) is 0 Å². The van der Waals surface area contributed by atoms with Crippen LogP contribution in [-0.2, 0) is 0 Å². The summed E-state index contributed by atoms with van der Waals surface area (Å²) >= 11 is 0. The highest BCUT2D eigenvalue weighted by Crippen LogP contribution is 2.40. The first-order valence-corrected chi connectivity index (χ1v) is 17.4. The normalized spacial score (nSPS) is 11.4. The predicted octanol–water partition coefficient (Wildman–Crippen LogP) is 12.1. The maximum absolute atomic E-state index is 14.8. The van der Waals surface area contributed by atoms with Crippen molar-refractivity contribution < 1.29 is 4.39 Å². The Morgan fingerprint density at radius 3 is 1.65 bits per heavy atom. The van der Waals surface area contributed by atoms with E-state index in [1.165, 1.54) is 22.8 Å². The average Bonchev–Trinajstić information content (AvgIpc) is 3.51. The fraction of sp³-hybridized carbons (Fsp3) is 0.0426. The van der Waals surface area contributed by atoms with Crippen molar-refractivity contribution in [2.75, 3.05) is 0 Å². The van der Waals surface area contributed by atoms with Crippen molar-refractivity contribution in [3.05, 3.63) is 181 Å². The lowest BCUT2D eigenvalue weighted by molar-refractivity contribution is 0.628. The minimum absolute atomic E-state index is 0.287. The number of nitrogens with zero attached hydrogens (tertiary/aromatic N) is 4. The molecule has 0 amide bonds. The van der Waals surface area contributed by atoms with Gasteiger partial charge in [0.2, 0.25) is 0 Å². The molecule has 5 heteroatoms. The zero-order valence-corrected chi connectivity index (χ0v) is 28.8. The average molecular weight is 673 g/mol. The third-order valence-corrected chi connectivity index (χ3v) is 9.56. The summed E-state index contributed by atoms with van der Waals surface area (Å²) in [6.07, 6.45) is 0. The number of rotatable bonds is 6. The molecule has 2 heterocycles. The van der Waals surface area contributed by atoms with E-state index in [9.17, 15) is 4.39 Å². The molecule has 0 fully saturated rings. The number of aromatic nitrogens is 4. The Morgan fingerprint density at radius 1 is 0.404 bits per heavy atom. The summed E-state index contributed by atoms with van der Waals surface area (Å²) in [6.45, 7) is 4.28. The fourth-order valence-corrected chi connectivity index (χ4v) is 7.25. The van der Waals surface area contributed by atoms with Crippen LogP contribution in [0, 0.1) is 19.7 Å². The van der Waals surface area contributed by atoms with Crippen LogP contribution in [0.1, 0.15) is 11.1 Å². The van der Waals surface area contributed by atoms with E-state index in [0.717, 1.165) is 60.9 Å². The molecule has 9 rings (SSSR count). The van der Waals surface area contributed by atoms with Gasteiger partial charge in [-0.1, -0.05) is 139 Å². The molecule has 7 aromatic carbocycles. The molecule has 4 nitrogen and oxygen atoms in total. The molecule has 0 atom stereocenters. The second kappa shape index (κ2) is 12.9. The molecule has 248 valence electrons. The van der Waals surface area contributed by atoms with Gasteiger partial charge in [-0.3, -0.25) is 0 Å². The Bertz CT molecular complexity index is 2690. The minimum Gasteiger partial charge on any atom is -0.309 e. The van der Waals surface area contributed by atoms with Crippen LogP contribution < -0.4 is 0 Å². The van der Waals surface area contributed by atoms with Crippen molar-refractivity contribution >= 4 is 21.8 Å². The Balaban J connectivity index is 1.31. The van der Waals surface area contributed by atoms with Crippen LogP contribution >= 0.6 is 0 Å². The van der Waals surface area contributed by atoms with Gasteiger partial charge in [0, 0.05) is 33.0 Å². The topological polar surface area (TPSA) is 43.6 Å². The van der Waals surface area contributed by atoms with Gasteiger partial charge < -0.3 is 4.57 Å². The van der Waals surface area contributed by atoms with Gasteiger partial charge in [-0.25, -0.2) is 19.3 Å². The maximum Gasteiger partial charge on any atom is 0.164 e. The standard InChI is InChI=1S/C47H33FN4/c1-30-24-31(2)26-37(25-30)34-21-23-43-41(28-34)40-18-9-10-19-42(40)52(43)44-29-36(20-22-39(44)35-16-11-17-38(48)27-35)47-50-45(32-12-5-3-6-13-32)49-46(51-47)33-14-7-4-8-15-33/h3-29H,1-2H3. The van der Waals surface area contributed by atoms with Gasteiger partial charge in [0.15, 0.2) is 17.5 Å². The summed E-state index contributed by atoms with van der Waals surface area (Å²) in [4.78, 5) is 15.0. The summed E-state index contributed by atoms with van der Waals surface area (Å²) < 4.78 is 17.1. The molecule has 0 bridgehead atoms. The van der Waals surface area contributed by atoms with Crippen LogP contribution in [0.3, 0.4) is 0 Å². The molecule has 0 spiro atoms. The van der Waals surface area contributed by atoms with E-state index in [4.69, 9.17) is 15.0 Å². The lowest BCUT2D eigenvalue weighted by Crippen LogP contribution is -2.02. The second-order valence-electron chi connectivity index (χ2n) is 13.2. The van der Waals surface area contributed by atoms with E-state index in [2.05, 4.69) is 91.2 Å². The molecule has 0 aliphatic carbocycles. The van der Waals surface area contributed by atoms with Crippen LogP contribution in [0.4, 0.5) is 4.39 Å². The van der Waals surface area contributed by atoms with Gasteiger partial charge in [0.05, 0.1) is 16.7 Å². The number of para-hydroxylation sites is 1. The fourth-order valence-electron chi connectivity index (χ4n) is 7.25. The molecule has 52 heavy (non-hydrogen) atoms. The molecule has 0 unspecified atom stereocenters. The Hall–Kier alpha value is -6.72. The van der Waals surface area contributed by atoms with Crippen LogP contribution in [0.5, 0.6) is 0 Å². The molecule has 0 saturated heterocycles. The van der Waals surface area contributed by atoms with Crippen LogP contribution in [0.25, 0.3) is 83.9 Å². The Morgan fingerprint density at radius 2 is 0.981 bits per heavy atom. The van der Waals surface area contributed by atoms with Crippen LogP contribution in [0.2, 0.25) is 0 Å². The Labute approximate surface area is 301 Å². The maximum atomic E-state index is 14.8. The summed E-state index contributed by atoms with van der Waals surface area (Å²) in [5, 5.41) is 2.28. The third-order valence-electron chi connectivity index (χ3n) is 9.56. The number of hydrogen-bond donors (Lipinski definition) is 0. The van der Waals surface area contributed by atoms with E-state index in [1.807, 2.05) is 72.8 Å². The summed E-state index contributed by atoms with van der Waals surface area (Å²) in [5.74, 6) is 1.45. The zero-order valence-electron chi connectivity index (χ0n) is 28.8. The van der Waals surface area contributed by atoms with Crippen molar-refractivity contribution in [3.8, 4) is 62.1 Å². The Kier molecular flexibility index (Phi) is 7.74. The summed E-state index contributed by atoms with van der Waals surface area (Å²) in [6, 6.07) is 54.8. The van der Waals surface area contributed by atoms with E-state index < -0.39 is 0 Å². The van der Waals surface area contributed by atoms with Gasteiger partial charge >= 0.3 is 0 Å². The van der Waals surface area contributed by atoms with Gasteiger partial charge in [-0.15, -0.1) is 0 Å². The molecule has 0 aliphatic rings. The number of halogens is 1. The summed E-state index contributed by atoms with van der Waals surface area (Å²) in [7, 11) is 0. The molecule has 2 aromatic heterocycles. The van der Waals surface area contributed by atoms with E-state index in [0.29, 0.717) is 17.5 Å². The van der Waals surface area contributed by atoms with Crippen molar-refractivity contribution in [2.45, 2.75) is 13.8 Å². The van der Waals surface area contributed by atoms with Crippen LogP contribution in [0.15, 0.2) is 164 Å². The molecule has 0 N–H and O–H groups in total. The third kappa shape index (κ3) is 5.72. The number of fused-ring (bicyclic) bond motifs is 3. The van der Waals surface area contributed by atoms with Crippen molar-refractivity contribution in [2.24, 2.45) is 0 Å². The predicted molar refractivity (Wildman–Crippen MR) is 211 cm³/mol. The minimum atomic E-state index is -0.287. The highest BCUT2D eigenvalue weighted by Gasteiger charge is 2.20. The van der Waals surface area contributed by atoms with E-state index in [1.54, 1.807) is 12.1 Å². The molecule has 0 radical (unpaired) electrons. The molecule has 0 saturated carbocycles. The molecule has 0 aliphatic heterocycles. The molecular formula is C47H33FN4. The lowest BCUT2D eigenvalue weighted by atomic mass is 9.99. The first kappa shape index (κ1) is 31.3. The highest BCUT2D eigenvalue weighted by molar-refractivity contribution is 6.11. The quantitative estimate of drug-likeness (QED) is 0.177. The highest BCUT2D eigenvalue weighted by atomic mass is 19.1. The van der Waals surface area contributed by atoms with Crippen molar-refractivity contribution in [3.63, 3.8) is 0 Å². The SMILES string of the molecule is Cc1cc(C)cc(-c2ccc3c(c2)c2ccccc2n3-c2cc(-c3nc(-c4ccccc4)nc(-c4ccccc4)n3)ccc2-c2cccc(F)c2)c1. The van der Waals surface area contributed by atoms with Crippen LogP contribution in [-0.4, -0.2) is 19.5 Å². The van der Waals surface area contributed by atoms with Gasteiger partial charge in [-0.05, 0) is 66.9 Å². The monoisotopic (exact) mass is 672 g/mol. The molecular weight excluding hydrogens is 640 g/mol. The van der Waals surface area contributed by atoms with Crippen molar-refractivity contribution in [1.29, 1.82) is 0 Å². The lowest BCUT2D eigenvalue weighted by Gasteiger charge is -2.16. The van der Waals surface area contributed by atoms with Gasteiger partial charge in [0.1, 0.15) is 5.82 Å². The largest absolute Gasteiger partial charge is 0.309 e. The van der Waals surface area contributed by atoms with E-state index >= 15 is 0 Å². The smallest absolute Gasteiger partial charge is 0.164 e. The first-order valence-electron chi connectivity index (χ1n) is 17.4. The number of hydrogen-bond acceptors (Lipinski definition) is 3.